The molecule has 0 aliphatic carbocycles. The first kappa shape index (κ1) is 17.9. The standard InChI is InChI=1S/C14H26N4O2S/c1-5-8-15-11-13-12(4)16-17-14(13)21(19,20)18(9-6-2)10-7-3/h6,15H,2,5,7-11H2,1,3-4H3,(H,16,17). The third kappa shape index (κ3) is 4.39. The lowest BCUT2D eigenvalue weighted by atomic mass is 10.2. The third-order valence-electron chi connectivity index (χ3n) is 3.15. The van der Waals surface area contributed by atoms with Gasteiger partial charge in [-0.2, -0.15) is 9.40 Å². The maximum absolute atomic E-state index is 12.7. The Morgan fingerprint density at radius 1 is 1.38 bits per heavy atom. The van der Waals surface area contributed by atoms with Crippen molar-refractivity contribution in [3.8, 4) is 0 Å². The van der Waals surface area contributed by atoms with Crippen molar-refractivity contribution in [3.63, 3.8) is 0 Å². The highest BCUT2D eigenvalue weighted by Gasteiger charge is 2.29. The zero-order valence-electron chi connectivity index (χ0n) is 13.1. The molecule has 1 heterocycles. The van der Waals surface area contributed by atoms with Crippen molar-refractivity contribution in [2.24, 2.45) is 0 Å². The number of hydrogen-bond donors (Lipinski definition) is 2. The van der Waals surface area contributed by atoms with Crippen molar-refractivity contribution < 1.29 is 8.42 Å². The molecule has 0 bridgehead atoms. The van der Waals surface area contributed by atoms with Crippen molar-refractivity contribution in [1.82, 2.24) is 19.8 Å². The van der Waals surface area contributed by atoms with Gasteiger partial charge < -0.3 is 5.32 Å². The van der Waals surface area contributed by atoms with Crippen molar-refractivity contribution in [2.75, 3.05) is 19.6 Å². The summed E-state index contributed by atoms with van der Waals surface area (Å²) < 4.78 is 26.9. The highest BCUT2D eigenvalue weighted by molar-refractivity contribution is 7.89. The van der Waals surface area contributed by atoms with Gasteiger partial charge in [0, 0.05) is 30.9 Å². The average molecular weight is 314 g/mol. The molecule has 0 saturated heterocycles. The minimum atomic E-state index is -3.59. The Morgan fingerprint density at radius 3 is 2.67 bits per heavy atom. The van der Waals surface area contributed by atoms with Crippen molar-refractivity contribution in [2.45, 2.75) is 45.2 Å². The van der Waals surface area contributed by atoms with Gasteiger partial charge in [-0.15, -0.1) is 6.58 Å². The second-order valence-electron chi connectivity index (χ2n) is 4.96. The molecule has 0 aromatic carbocycles. The highest BCUT2D eigenvalue weighted by atomic mass is 32.2. The van der Waals surface area contributed by atoms with E-state index >= 15 is 0 Å². The summed E-state index contributed by atoms with van der Waals surface area (Å²) >= 11 is 0. The zero-order chi connectivity index (χ0) is 15.9. The SMILES string of the molecule is C=CCN(CCC)S(=O)(=O)c1n[nH]c(C)c1CNCCC. The average Bonchev–Trinajstić information content (AvgIpc) is 2.81. The summed E-state index contributed by atoms with van der Waals surface area (Å²) in [6.07, 6.45) is 3.35. The van der Waals surface area contributed by atoms with E-state index in [4.69, 9.17) is 0 Å². The largest absolute Gasteiger partial charge is 0.313 e. The van der Waals surface area contributed by atoms with E-state index in [0.717, 1.165) is 25.1 Å². The van der Waals surface area contributed by atoms with Crippen molar-refractivity contribution in [1.29, 1.82) is 0 Å². The molecule has 0 unspecified atom stereocenters. The van der Waals surface area contributed by atoms with Crippen LogP contribution in [-0.2, 0) is 16.6 Å². The first-order valence-corrected chi connectivity index (χ1v) is 8.78. The Hall–Kier alpha value is -1.18. The van der Waals surface area contributed by atoms with Crippen LogP contribution in [0.25, 0.3) is 0 Å². The van der Waals surface area contributed by atoms with Crippen LogP contribution < -0.4 is 5.32 Å². The van der Waals surface area contributed by atoms with Gasteiger partial charge in [0.15, 0.2) is 5.03 Å². The third-order valence-corrected chi connectivity index (χ3v) is 4.99. The molecule has 0 saturated carbocycles. The molecule has 0 amide bonds. The fourth-order valence-corrected chi connectivity index (χ4v) is 3.73. The van der Waals surface area contributed by atoms with E-state index < -0.39 is 10.0 Å². The lowest BCUT2D eigenvalue weighted by molar-refractivity contribution is 0.438. The molecule has 21 heavy (non-hydrogen) atoms. The number of hydrogen-bond acceptors (Lipinski definition) is 4. The van der Waals surface area contributed by atoms with E-state index in [9.17, 15) is 8.42 Å². The van der Waals surface area contributed by atoms with Crippen LogP contribution in [0.2, 0.25) is 0 Å². The molecule has 0 atom stereocenters. The maximum Gasteiger partial charge on any atom is 0.262 e. The Morgan fingerprint density at radius 2 is 2.10 bits per heavy atom. The van der Waals surface area contributed by atoms with Crippen LogP contribution in [0.1, 0.15) is 37.9 Å². The van der Waals surface area contributed by atoms with Crippen LogP contribution in [0.3, 0.4) is 0 Å². The van der Waals surface area contributed by atoms with Crippen molar-refractivity contribution >= 4 is 10.0 Å². The quantitative estimate of drug-likeness (QED) is 0.510. The Balaban J connectivity index is 3.09. The summed E-state index contributed by atoms with van der Waals surface area (Å²) in [5.41, 5.74) is 1.50. The van der Waals surface area contributed by atoms with Crippen LogP contribution in [0, 0.1) is 6.92 Å². The normalized spacial score (nSPS) is 12.0. The predicted octanol–water partition coefficient (Wildman–Crippen LogP) is 1.80. The van der Waals surface area contributed by atoms with Crippen LogP contribution in [-0.4, -0.2) is 42.6 Å². The molecule has 1 aromatic heterocycles. The molecular formula is C14H26N4O2S. The van der Waals surface area contributed by atoms with Gasteiger partial charge >= 0.3 is 0 Å². The Bertz CT molecular complexity index is 551. The number of sulfonamides is 1. The first-order valence-electron chi connectivity index (χ1n) is 7.34. The fraction of sp³-hybridized carbons (Fsp3) is 0.643. The summed E-state index contributed by atoms with van der Waals surface area (Å²) in [6, 6.07) is 0. The Labute approximate surface area is 127 Å². The van der Waals surface area contributed by atoms with Crippen LogP contribution in [0.15, 0.2) is 17.7 Å². The minimum Gasteiger partial charge on any atom is -0.313 e. The molecule has 1 rings (SSSR count). The molecule has 2 N–H and O–H groups in total. The maximum atomic E-state index is 12.7. The number of nitrogens with zero attached hydrogens (tertiary/aromatic N) is 2. The van der Waals surface area contributed by atoms with Gasteiger partial charge in [-0.1, -0.05) is 19.9 Å². The van der Waals surface area contributed by atoms with E-state index in [-0.39, 0.29) is 5.03 Å². The monoisotopic (exact) mass is 314 g/mol. The first-order chi connectivity index (χ1) is 9.98. The molecular weight excluding hydrogens is 288 g/mol. The van der Waals surface area contributed by atoms with E-state index in [2.05, 4.69) is 29.0 Å². The zero-order valence-corrected chi connectivity index (χ0v) is 14.0. The van der Waals surface area contributed by atoms with Gasteiger partial charge in [0.1, 0.15) is 0 Å². The van der Waals surface area contributed by atoms with E-state index in [0.29, 0.717) is 25.2 Å². The number of rotatable bonds is 10. The number of H-pyrrole nitrogens is 1. The number of nitrogens with one attached hydrogen (secondary N) is 2. The van der Waals surface area contributed by atoms with Crippen molar-refractivity contribution in [3.05, 3.63) is 23.9 Å². The lowest BCUT2D eigenvalue weighted by Gasteiger charge is -2.19. The molecule has 7 heteroatoms. The van der Waals surface area contributed by atoms with E-state index in [1.54, 1.807) is 6.08 Å². The fourth-order valence-electron chi connectivity index (χ4n) is 2.07. The molecule has 0 aliphatic rings. The number of aromatic amines is 1. The van der Waals surface area contributed by atoms with Gasteiger partial charge in [0.05, 0.1) is 0 Å². The summed E-state index contributed by atoms with van der Waals surface area (Å²) in [5, 5.41) is 10.2. The van der Waals surface area contributed by atoms with Gasteiger partial charge in [-0.3, -0.25) is 5.10 Å². The highest BCUT2D eigenvalue weighted by Crippen LogP contribution is 2.20. The number of aromatic nitrogens is 2. The topological polar surface area (TPSA) is 78.1 Å². The molecule has 1 aromatic rings. The van der Waals surface area contributed by atoms with E-state index in [1.165, 1.54) is 4.31 Å². The Kier molecular flexibility index (Phi) is 7.07. The second kappa shape index (κ2) is 8.31. The van der Waals surface area contributed by atoms with Gasteiger partial charge in [-0.25, -0.2) is 8.42 Å². The summed E-state index contributed by atoms with van der Waals surface area (Å²) in [4.78, 5) is 0. The van der Waals surface area contributed by atoms with E-state index in [1.807, 2.05) is 13.8 Å². The summed E-state index contributed by atoms with van der Waals surface area (Å²) in [5.74, 6) is 0. The predicted molar refractivity (Wildman–Crippen MR) is 84.6 cm³/mol. The van der Waals surface area contributed by atoms with Crippen LogP contribution >= 0.6 is 0 Å². The van der Waals surface area contributed by atoms with Crippen LogP contribution in [0.4, 0.5) is 0 Å². The van der Waals surface area contributed by atoms with Gasteiger partial charge in [0.25, 0.3) is 10.0 Å². The molecule has 0 aliphatic heterocycles. The smallest absolute Gasteiger partial charge is 0.262 e. The van der Waals surface area contributed by atoms with Gasteiger partial charge in [0.2, 0.25) is 0 Å². The molecule has 120 valence electrons. The summed E-state index contributed by atoms with van der Waals surface area (Å²) in [7, 11) is -3.59. The minimum absolute atomic E-state index is 0.124. The molecule has 0 spiro atoms. The molecule has 0 fully saturated rings. The molecule has 0 radical (unpaired) electrons. The second-order valence-corrected chi connectivity index (χ2v) is 6.81. The molecule has 6 nitrogen and oxygen atoms in total. The van der Waals surface area contributed by atoms with Gasteiger partial charge in [-0.05, 0) is 26.3 Å². The number of aryl methyl sites for hydroxylation is 1. The lowest BCUT2D eigenvalue weighted by Crippen LogP contribution is -2.33. The van der Waals surface area contributed by atoms with Crippen LogP contribution in [0.5, 0.6) is 0 Å². The summed E-state index contributed by atoms with van der Waals surface area (Å²) in [6.45, 7) is 11.6.